The van der Waals surface area contributed by atoms with Gasteiger partial charge in [0.2, 0.25) is 0 Å². The van der Waals surface area contributed by atoms with Crippen LogP contribution in [-0.4, -0.2) is 0 Å². The van der Waals surface area contributed by atoms with Crippen molar-refractivity contribution in [1.29, 1.82) is 0 Å². The van der Waals surface area contributed by atoms with Gasteiger partial charge in [0.1, 0.15) is 0 Å². The summed E-state index contributed by atoms with van der Waals surface area (Å²) in [5.74, 6) is 3.18. The molecular formula is C12H24. The summed E-state index contributed by atoms with van der Waals surface area (Å²) in [6.07, 6.45) is 8.73. The number of hydrogen-bond donors (Lipinski definition) is 0. The monoisotopic (exact) mass is 168 g/mol. The first-order chi connectivity index (χ1) is 5.79. The Morgan fingerprint density at radius 1 is 1.17 bits per heavy atom. The van der Waals surface area contributed by atoms with Crippen LogP contribution in [0, 0.1) is 17.8 Å². The second-order valence-corrected chi connectivity index (χ2v) is 4.56. The van der Waals surface area contributed by atoms with Crippen LogP contribution in [-0.2, 0) is 0 Å². The molecule has 0 N–H and O–H groups in total. The van der Waals surface area contributed by atoms with E-state index in [2.05, 4.69) is 20.8 Å². The first-order valence-electron chi connectivity index (χ1n) is 5.79. The lowest BCUT2D eigenvalue weighted by Crippen LogP contribution is -2.31. The molecular weight excluding hydrogens is 144 g/mol. The van der Waals surface area contributed by atoms with Gasteiger partial charge in [-0.1, -0.05) is 46.5 Å². The molecule has 0 aromatic heterocycles. The summed E-state index contributed by atoms with van der Waals surface area (Å²) in [6.45, 7) is 7.08. The molecule has 3 unspecified atom stereocenters. The highest BCUT2D eigenvalue weighted by Gasteiger charge is 2.33. The van der Waals surface area contributed by atoms with Crippen molar-refractivity contribution in [3.05, 3.63) is 0 Å². The van der Waals surface area contributed by atoms with Crippen LogP contribution in [0.15, 0.2) is 0 Å². The molecule has 0 saturated heterocycles. The maximum Gasteiger partial charge on any atom is -0.0360 e. The largest absolute Gasteiger partial charge is 0.0654 e. The quantitative estimate of drug-likeness (QED) is 0.575. The molecule has 3 atom stereocenters. The Hall–Kier alpha value is 0. The van der Waals surface area contributed by atoms with Gasteiger partial charge in [-0.05, 0) is 30.6 Å². The molecule has 0 radical (unpaired) electrons. The van der Waals surface area contributed by atoms with E-state index in [-0.39, 0.29) is 0 Å². The van der Waals surface area contributed by atoms with Crippen molar-refractivity contribution in [2.45, 2.75) is 59.3 Å². The fourth-order valence-electron chi connectivity index (χ4n) is 2.74. The molecule has 0 aromatic rings. The van der Waals surface area contributed by atoms with Gasteiger partial charge < -0.3 is 0 Å². The van der Waals surface area contributed by atoms with Gasteiger partial charge in [-0.25, -0.2) is 0 Å². The van der Waals surface area contributed by atoms with E-state index in [1.807, 2.05) is 0 Å². The first-order valence-corrected chi connectivity index (χ1v) is 5.79. The Labute approximate surface area is 77.7 Å². The Bertz CT molecular complexity index is 109. The van der Waals surface area contributed by atoms with Crippen LogP contribution in [0.5, 0.6) is 0 Å². The third kappa shape index (κ3) is 2.24. The van der Waals surface area contributed by atoms with Gasteiger partial charge in [-0.2, -0.15) is 0 Å². The summed E-state index contributed by atoms with van der Waals surface area (Å²) in [5.41, 5.74) is 0. The Morgan fingerprint density at radius 2 is 1.92 bits per heavy atom. The van der Waals surface area contributed by atoms with E-state index in [4.69, 9.17) is 0 Å². The maximum absolute atomic E-state index is 2.45. The molecule has 1 fully saturated rings. The van der Waals surface area contributed by atoms with Gasteiger partial charge in [0.15, 0.2) is 0 Å². The topological polar surface area (TPSA) is 0 Å². The predicted molar refractivity (Wildman–Crippen MR) is 55.2 cm³/mol. The summed E-state index contributed by atoms with van der Waals surface area (Å²) >= 11 is 0. The second-order valence-electron chi connectivity index (χ2n) is 4.56. The third-order valence-electron chi connectivity index (χ3n) is 3.61. The van der Waals surface area contributed by atoms with Crippen molar-refractivity contribution in [1.82, 2.24) is 0 Å². The molecule has 1 aliphatic carbocycles. The van der Waals surface area contributed by atoms with Crippen LogP contribution < -0.4 is 0 Å². The standard InChI is InChI=1S/C12H24/c1-4-6-10(3)12-9-8-11(12)7-5-2/h10-12H,4-9H2,1-3H3. The molecule has 0 amide bonds. The molecule has 1 saturated carbocycles. The molecule has 0 aromatic carbocycles. The van der Waals surface area contributed by atoms with Crippen molar-refractivity contribution >= 4 is 0 Å². The lowest BCUT2D eigenvalue weighted by Gasteiger charge is -2.41. The van der Waals surface area contributed by atoms with Crippen LogP contribution >= 0.6 is 0 Å². The average Bonchev–Trinajstić information content (AvgIpc) is 1.98. The molecule has 0 nitrogen and oxygen atoms in total. The summed E-state index contributed by atoms with van der Waals surface area (Å²) in [7, 11) is 0. The van der Waals surface area contributed by atoms with E-state index in [1.165, 1.54) is 38.5 Å². The molecule has 0 bridgehead atoms. The Kier molecular flexibility index (Phi) is 4.11. The number of hydrogen-bond acceptors (Lipinski definition) is 0. The zero-order valence-corrected chi connectivity index (χ0v) is 8.97. The summed E-state index contributed by atoms with van der Waals surface area (Å²) in [5, 5.41) is 0. The van der Waals surface area contributed by atoms with Crippen molar-refractivity contribution in [3.63, 3.8) is 0 Å². The lowest BCUT2D eigenvalue weighted by molar-refractivity contribution is 0.0983. The highest BCUT2D eigenvalue weighted by Crippen LogP contribution is 2.43. The molecule has 1 rings (SSSR count). The van der Waals surface area contributed by atoms with E-state index in [9.17, 15) is 0 Å². The minimum absolute atomic E-state index is 1.00. The molecule has 0 heterocycles. The van der Waals surface area contributed by atoms with Crippen molar-refractivity contribution in [3.8, 4) is 0 Å². The van der Waals surface area contributed by atoms with Gasteiger partial charge in [0.05, 0.1) is 0 Å². The summed E-state index contributed by atoms with van der Waals surface area (Å²) in [6, 6.07) is 0. The highest BCUT2D eigenvalue weighted by molar-refractivity contribution is 4.83. The molecule has 0 heteroatoms. The summed E-state index contributed by atoms with van der Waals surface area (Å²) < 4.78 is 0. The molecule has 72 valence electrons. The smallest absolute Gasteiger partial charge is 0.0360 e. The average molecular weight is 168 g/mol. The summed E-state index contributed by atoms with van der Waals surface area (Å²) in [4.78, 5) is 0. The van der Waals surface area contributed by atoms with E-state index in [0.717, 1.165) is 17.8 Å². The van der Waals surface area contributed by atoms with E-state index < -0.39 is 0 Å². The molecule has 0 aliphatic heterocycles. The van der Waals surface area contributed by atoms with Crippen LogP contribution in [0.1, 0.15) is 59.3 Å². The van der Waals surface area contributed by atoms with Crippen molar-refractivity contribution in [2.75, 3.05) is 0 Å². The van der Waals surface area contributed by atoms with E-state index in [0.29, 0.717) is 0 Å². The van der Waals surface area contributed by atoms with Crippen molar-refractivity contribution < 1.29 is 0 Å². The SMILES string of the molecule is CCCC(C)C1CCC1CCC. The fourth-order valence-corrected chi connectivity index (χ4v) is 2.74. The first kappa shape index (κ1) is 10.1. The van der Waals surface area contributed by atoms with Gasteiger partial charge >= 0.3 is 0 Å². The molecule has 12 heavy (non-hydrogen) atoms. The predicted octanol–water partition coefficient (Wildman–Crippen LogP) is 4.25. The van der Waals surface area contributed by atoms with Crippen molar-refractivity contribution in [2.24, 2.45) is 17.8 Å². The highest BCUT2D eigenvalue weighted by atomic mass is 14.4. The zero-order valence-electron chi connectivity index (χ0n) is 8.97. The zero-order chi connectivity index (χ0) is 8.97. The van der Waals surface area contributed by atoms with Gasteiger partial charge in [0, 0.05) is 0 Å². The van der Waals surface area contributed by atoms with Crippen LogP contribution in [0.4, 0.5) is 0 Å². The molecule has 1 aliphatic rings. The lowest BCUT2D eigenvalue weighted by atomic mass is 9.65. The minimum atomic E-state index is 1.00. The fraction of sp³-hybridized carbons (Fsp3) is 1.00. The van der Waals surface area contributed by atoms with Crippen LogP contribution in [0.25, 0.3) is 0 Å². The van der Waals surface area contributed by atoms with Crippen LogP contribution in [0.3, 0.4) is 0 Å². The normalized spacial score (nSPS) is 31.2. The van der Waals surface area contributed by atoms with Gasteiger partial charge in [0.25, 0.3) is 0 Å². The third-order valence-corrected chi connectivity index (χ3v) is 3.61. The van der Waals surface area contributed by atoms with Gasteiger partial charge in [-0.15, -0.1) is 0 Å². The second kappa shape index (κ2) is 4.89. The van der Waals surface area contributed by atoms with Gasteiger partial charge in [-0.3, -0.25) is 0 Å². The maximum atomic E-state index is 2.45. The van der Waals surface area contributed by atoms with Crippen LogP contribution in [0.2, 0.25) is 0 Å². The molecule has 0 spiro atoms. The Balaban J connectivity index is 2.22. The van der Waals surface area contributed by atoms with E-state index in [1.54, 1.807) is 0 Å². The Morgan fingerprint density at radius 3 is 2.33 bits per heavy atom. The number of rotatable bonds is 5. The van der Waals surface area contributed by atoms with E-state index >= 15 is 0 Å². The minimum Gasteiger partial charge on any atom is -0.0654 e.